The van der Waals surface area contributed by atoms with E-state index in [9.17, 15) is 4.79 Å². The SMILES string of the molecule is C/C(=C\Cc1ccc2ccc3cccc4ccc1c2c34)C(=O)OCCCO. The number of carbonyl (C=O) groups is 1. The second-order valence-corrected chi connectivity index (χ2v) is 6.89. The Balaban J connectivity index is 1.70. The van der Waals surface area contributed by atoms with Gasteiger partial charge in [0.05, 0.1) is 6.61 Å². The van der Waals surface area contributed by atoms with Crippen LogP contribution in [0.5, 0.6) is 0 Å². The number of aliphatic hydroxyl groups is 1. The maximum atomic E-state index is 12.0. The summed E-state index contributed by atoms with van der Waals surface area (Å²) in [5, 5.41) is 16.3. The number of hydrogen-bond donors (Lipinski definition) is 1. The molecule has 0 fully saturated rings. The van der Waals surface area contributed by atoms with Crippen molar-refractivity contribution < 1.29 is 14.6 Å². The molecular weight excluding hydrogens is 336 g/mol. The molecule has 4 aromatic carbocycles. The summed E-state index contributed by atoms with van der Waals surface area (Å²) in [4.78, 5) is 12.0. The molecular formula is C24H22O3. The first-order valence-electron chi connectivity index (χ1n) is 9.29. The van der Waals surface area contributed by atoms with Crippen molar-refractivity contribution >= 4 is 38.3 Å². The average molecular weight is 358 g/mol. The van der Waals surface area contributed by atoms with Crippen molar-refractivity contribution in [3.8, 4) is 0 Å². The van der Waals surface area contributed by atoms with Crippen LogP contribution in [0.4, 0.5) is 0 Å². The van der Waals surface area contributed by atoms with E-state index in [1.807, 2.05) is 6.08 Å². The average Bonchev–Trinajstić information content (AvgIpc) is 2.70. The first kappa shape index (κ1) is 17.5. The van der Waals surface area contributed by atoms with E-state index >= 15 is 0 Å². The van der Waals surface area contributed by atoms with Crippen LogP contribution in [-0.2, 0) is 16.0 Å². The van der Waals surface area contributed by atoms with Gasteiger partial charge in [-0.3, -0.25) is 0 Å². The molecule has 0 atom stereocenters. The number of ether oxygens (including phenoxy) is 1. The molecule has 4 aromatic rings. The van der Waals surface area contributed by atoms with Gasteiger partial charge in [0, 0.05) is 18.6 Å². The summed E-state index contributed by atoms with van der Waals surface area (Å²) in [6.45, 7) is 2.05. The molecule has 3 heteroatoms. The van der Waals surface area contributed by atoms with Crippen LogP contribution in [-0.4, -0.2) is 24.3 Å². The van der Waals surface area contributed by atoms with Crippen LogP contribution >= 0.6 is 0 Å². The number of benzene rings is 4. The summed E-state index contributed by atoms with van der Waals surface area (Å²) in [7, 11) is 0. The van der Waals surface area contributed by atoms with E-state index in [1.54, 1.807) is 6.92 Å². The van der Waals surface area contributed by atoms with Gasteiger partial charge in [-0.1, -0.05) is 60.7 Å². The van der Waals surface area contributed by atoms with E-state index in [0.29, 0.717) is 18.4 Å². The lowest BCUT2D eigenvalue weighted by molar-refractivity contribution is -0.139. The predicted octanol–water partition coefficient (Wildman–Crippen LogP) is 5.00. The van der Waals surface area contributed by atoms with Crippen LogP contribution in [0.2, 0.25) is 0 Å². The number of allylic oxidation sites excluding steroid dienone is 1. The number of carbonyl (C=O) groups excluding carboxylic acids is 1. The summed E-state index contributed by atoms with van der Waals surface area (Å²) in [5.74, 6) is -0.318. The highest BCUT2D eigenvalue weighted by atomic mass is 16.5. The summed E-state index contributed by atoms with van der Waals surface area (Å²) in [6, 6.07) is 19.4. The van der Waals surface area contributed by atoms with Gasteiger partial charge in [0.25, 0.3) is 0 Å². The fraction of sp³-hybridized carbons (Fsp3) is 0.208. The third kappa shape index (κ3) is 3.26. The van der Waals surface area contributed by atoms with Crippen LogP contribution in [0, 0.1) is 0 Å². The molecule has 1 N–H and O–H groups in total. The third-order valence-electron chi connectivity index (χ3n) is 5.10. The van der Waals surface area contributed by atoms with Crippen molar-refractivity contribution in [1.82, 2.24) is 0 Å². The van der Waals surface area contributed by atoms with Crippen molar-refractivity contribution in [3.63, 3.8) is 0 Å². The van der Waals surface area contributed by atoms with E-state index in [1.165, 1.54) is 37.9 Å². The second-order valence-electron chi connectivity index (χ2n) is 6.89. The van der Waals surface area contributed by atoms with E-state index < -0.39 is 0 Å². The van der Waals surface area contributed by atoms with E-state index in [2.05, 4.69) is 54.6 Å². The summed E-state index contributed by atoms with van der Waals surface area (Å²) >= 11 is 0. The Bertz CT molecular complexity index is 1120. The lowest BCUT2D eigenvalue weighted by Crippen LogP contribution is -2.08. The van der Waals surface area contributed by atoms with Gasteiger partial charge in [0.15, 0.2) is 0 Å². The number of rotatable bonds is 6. The highest BCUT2D eigenvalue weighted by Crippen LogP contribution is 2.36. The van der Waals surface area contributed by atoms with Crippen LogP contribution in [0.1, 0.15) is 18.9 Å². The molecule has 0 aliphatic carbocycles. The fourth-order valence-corrected chi connectivity index (χ4v) is 3.66. The molecule has 0 saturated carbocycles. The van der Waals surface area contributed by atoms with E-state index in [4.69, 9.17) is 9.84 Å². The molecule has 0 unspecified atom stereocenters. The Labute approximate surface area is 158 Å². The minimum Gasteiger partial charge on any atom is -0.462 e. The second kappa shape index (κ2) is 7.37. The Hall–Kier alpha value is -2.91. The fourth-order valence-electron chi connectivity index (χ4n) is 3.66. The van der Waals surface area contributed by atoms with Gasteiger partial charge in [-0.2, -0.15) is 0 Å². The lowest BCUT2D eigenvalue weighted by atomic mass is 9.91. The molecule has 0 spiro atoms. The van der Waals surface area contributed by atoms with Crippen molar-refractivity contribution in [1.29, 1.82) is 0 Å². The molecule has 3 nitrogen and oxygen atoms in total. The Morgan fingerprint density at radius 3 is 2.37 bits per heavy atom. The highest BCUT2D eigenvalue weighted by Gasteiger charge is 2.11. The zero-order valence-corrected chi connectivity index (χ0v) is 15.4. The number of hydrogen-bond acceptors (Lipinski definition) is 3. The van der Waals surface area contributed by atoms with Crippen molar-refractivity contribution in [2.24, 2.45) is 0 Å². The standard InChI is InChI=1S/C24H22O3/c1-16(24(26)27-15-3-14-25)6-7-17-8-9-20-11-10-18-4-2-5-19-12-13-21(17)23(20)22(18)19/h2,4-6,8-13,25H,3,7,14-15H2,1H3/b16-6+. The molecule has 0 saturated heterocycles. The molecule has 136 valence electrons. The summed E-state index contributed by atoms with van der Waals surface area (Å²) in [6.07, 6.45) is 3.07. The molecule has 0 amide bonds. The summed E-state index contributed by atoms with van der Waals surface area (Å²) in [5.41, 5.74) is 1.79. The van der Waals surface area contributed by atoms with Crippen LogP contribution < -0.4 is 0 Å². The van der Waals surface area contributed by atoms with Gasteiger partial charge in [0.1, 0.15) is 0 Å². The monoisotopic (exact) mass is 358 g/mol. The number of esters is 1. The molecule has 27 heavy (non-hydrogen) atoms. The normalized spacial score (nSPS) is 12.3. The Morgan fingerprint density at radius 2 is 1.63 bits per heavy atom. The lowest BCUT2D eigenvalue weighted by Gasteiger charge is -2.13. The topological polar surface area (TPSA) is 46.5 Å². The zero-order valence-electron chi connectivity index (χ0n) is 15.4. The van der Waals surface area contributed by atoms with Crippen LogP contribution in [0.15, 0.2) is 66.2 Å². The molecule has 0 bridgehead atoms. The smallest absolute Gasteiger partial charge is 0.333 e. The van der Waals surface area contributed by atoms with Crippen molar-refractivity contribution in [2.75, 3.05) is 13.2 Å². The maximum absolute atomic E-state index is 12.0. The van der Waals surface area contributed by atoms with Gasteiger partial charge in [-0.15, -0.1) is 0 Å². The quantitative estimate of drug-likeness (QED) is 0.228. The Morgan fingerprint density at radius 1 is 0.963 bits per heavy atom. The zero-order chi connectivity index (χ0) is 18.8. The van der Waals surface area contributed by atoms with Gasteiger partial charge in [-0.25, -0.2) is 4.79 Å². The molecule has 4 rings (SSSR count). The highest BCUT2D eigenvalue weighted by molar-refractivity contribution is 6.23. The van der Waals surface area contributed by atoms with Gasteiger partial charge >= 0.3 is 5.97 Å². The van der Waals surface area contributed by atoms with E-state index in [-0.39, 0.29) is 19.2 Å². The predicted molar refractivity (Wildman–Crippen MR) is 110 cm³/mol. The van der Waals surface area contributed by atoms with Crippen LogP contribution in [0.25, 0.3) is 32.3 Å². The van der Waals surface area contributed by atoms with Crippen molar-refractivity contribution in [2.45, 2.75) is 19.8 Å². The maximum Gasteiger partial charge on any atom is 0.333 e. The van der Waals surface area contributed by atoms with Crippen molar-refractivity contribution in [3.05, 3.63) is 71.8 Å². The molecule has 0 aliphatic heterocycles. The van der Waals surface area contributed by atoms with Gasteiger partial charge in [0.2, 0.25) is 0 Å². The van der Waals surface area contributed by atoms with E-state index in [0.717, 1.165) is 0 Å². The first-order chi connectivity index (χ1) is 13.2. The summed E-state index contributed by atoms with van der Waals surface area (Å²) < 4.78 is 5.15. The Kier molecular flexibility index (Phi) is 4.78. The number of aliphatic hydroxyl groups excluding tert-OH is 1. The first-order valence-corrected chi connectivity index (χ1v) is 9.29. The minimum atomic E-state index is -0.318. The molecule has 0 radical (unpaired) electrons. The minimum absolute atomic E-state index is 0.0266. The molecule has 0 heterocycles. The van der Waals surface area contributed by atoms with Crippen LogP contribution in [0.3, 0.4) is 0 Å². The molecule has 0 aliphatic rings. The van der Waals surface area contributed by atoms with Gasteiger partial charge in [-0.05, 0) is 51.2 Å². The largest absolute Gasteiger partial charge is 0.462 e. The molecule has 0 aromatic heterocycles. The van der Waals surface area contributed by atoms with Gasteiger partial charge < -0.3 is 9.84 Å². The third-order valence-corrected chi connectivity index (χ3v) is 5.10.